The molecule has 2 aromatic carbocycles. The molecule has 140 valence electrons. The van der Waals surface area contributed by atoms with Crippen LogP contribution in [0.15, 0.2) is 58.8 Å². The second-order valence-corrected chi connectivity index (χ2v) is 8.50. The molecule has 0 unspecified atom stereocenters. The smallest absolute Gasteiger partial charge is 0.275 e. The molecular formula is C19H19N3O3S2. The number of anilines is 2. The molecule has 0 aliphatic carbocycles. The summed E-state index contributed by atoms with van der Waals surface area (Å²) in [6.45, 7) is 3.94. The topological polar surface area (TPSA) is 88.2 Å². The van der Waals surface area contributed by atoms with Gasteiger partial charge in [-0.05, 0) is 43.2 Å². The zero-order valence-electron chi connectivity index (χ0n) is 14.9. The van der Waals surface area contributed by atoms with E-state index < -0.39 is 15.9 Å². The van der Waals surface area contributed by atoms with Crippen LogP contribution in [0.25, 0.3) is 0 Å². The molecule has 2 N–H and O–H groups in total. The van der Waals surface area contributed by atoms with E-state index >= 15 is 0 Å². The Kier molecular flexibility index (Phi) is 5.57. The molecule has 6 nitrogen and oxygen atoms in total. The minimum absolute atomic E-state index is 0.141. The number of rotatable bonds is 6. The lowest BCUT2D eigenvalue weighted by Gasteiger charge is -2.05. The van der Waals surface area contributed by atoms with E-state index in [-0.39, 0.29) is 15.7 Å². The van der Waals surface area contributed by atoms with E-state index in [1.54, 1.807) is 12.1 Å². The van der Waals surface area contributed by atoms with Crippen LogP contribution in [0, 0.1) is 6.92 Å². The van der Waals surface area contributed by atoms with Crippen molar-refractivity contribution in [2.75, 3.05) is 10.0 Å². The lowest BCUT2D eigenvalue weighted by molar-refractivity contribution is 0.102. The normalized spacial score (nSPS) is 11.2. The quantitative estimate of drug-likeness (QED) is 0.652. The molecule has 1 aromatic heterocycles. The maximum atomic E-state index is 12.4. The number of carbonyl (C=O) groups is 1. The molecule has 1 amide bonds. The Morgan fingerprint density at radius 3 is 2.37 bits per heavy atom. The summed E-state index contributed by atoms with van der Waals surface area (Å²) in [7, 11) is -3.74. The maximum absolute atomic E-state index is 12.4. The van der Waals surface area contributed by atoms with Gasteiger partial charge >= 0.3 is 0 Å². The van der Waals surface area contributed by atoms with Crippen molar-refractivity contribution in [3.63, 3.8) is 0 Å². The number of thiazole rings is 1. The number of aromatic nitrogens is 1. The summed E-state index contributed by atoms with van der Waals surface area (Å²) in [6, 6.07) is 14.0. The SMILES string of the molecule is CCc1ccc(NC(=O)c2csc(NS(=O)(=O)c3ccc(C)cc3)n2)cc1. The molecule has 0 radical (unpaired) electrons. The number of aryl methyl sites for hydroxylation is 2. The minimum atomic E-state index is -3.74. The van der Waals surface area contributed by atoms with Gasteiger partial charge in [0.2, 0.25) is 0 Å². The highest BCUT2D eigenvalue weighted by Crippen LogP contribution is 2.21. The standard InChI is InChI=1S/C19H19N3O3S2/c1-3-14-6-8-15(9-7-14)20-18(23)17-12-26-19(21-17)22-27(24,25)16-10-4-13(2)5-11-16/h4-12H,3H2,1-2H3,(H,20,23)(H,21,22). The third-order valence-corrected chi connectivity index (χ3v) is 6.15. The van der Waals surface area contributed by atoms with Crippen molar-refractivity contribution in [3.05, 3.63) is 70.7 Å². The fourth-order valence-electron chi connectivity index (χ4n) is 2.34. The number of hydrogen-bond donors (Lipinski definition) is 2. The van der Waals surface area contributed by atoms with Crippen LogP contribution in [-0.2, 0) is 16.4 Å². The number of sulfonamides is 1. The number of nitrogens with one attached hydrogen (secondary N) is 2. The van der Waals surface area contributed by atoms with Gasteiger partial charge in [-0.1, -0.05) is 36.8 Å². The van der Waals surface area contributed by atoms with Crippen LogP contribution < -0.4 is 10.0 Å². The number of hydrogen-bond acceptors (Lipinski definition) is 5. The highest BCUT2D eigenvalue weighted by Gasteiger charge is 2.18. The highest BCUT2D eigenvalue weighted by molar-refractivity contribution is 7.93. The van der Waals surface area contributed by atoms with Crippen molar-refractivity contribution in [1.82, 2.24) is 4.98 Å². The van der Waals surface area contributed by atoms with Gasteiger partial charge < -0.3 is 5.32 Å². The Balaban J connectivity index is 1.70. The second-order valence-electron chi connectivity index (χ2n) is 5.96. The first-order chi connectivity index (χ1) is 12.9. The molecule has 1 heterocycles. The third kappa shape index (κ3) is 4.72. The first-order valence-electron chi connectivity index (χ1n) is 8.32. The van der Waals surface area contributed by atoms with Crippen LogP contribution in [-0.4, -0.2) is 19.3 Å². The van der Waals surface area contributed by atoms with E-state index in [1.807, 2.05) is 31.2 Å². The predicted molar refractivity (Wildman–Crippen MR) is 108 cm³/mol. The molecule has 3 rings (SSSR count). The van der Waals surface area contributed by atoms with E-state index in [1.165, 1.54) is 23.1 Å². The van der Waals surface area contributed by atoms with E-state index in [4.69, 9.17) is 0 Å². The molecular weight excluding hydrogens is 382 g/mol. The average molecular weight is 402 g/mol. The molecule has 0 aliphatic rings. The van der Waals surface area contributed by atoms with Crippen molar-refractivity contribution in [2.24, 2.45) is 0 Å². The van der Waals surface area contributed by atoms with Gasteiger partial charge in [0.25, 0.3) is 15.9 Å². The molecule has 0 atom stereocenters. The Labute approximate surface area is 162 Å². The van der Waals surface area contributed by atoms with Gasteiger partial charge in [0.15, 0.2) is 5.13 Å². The number of benzene rings is 2. The first-order valence-corrected chi connectivity index (χ1v) is 10.7. The van der Waals surface area contributed by atoms with Gasteiger partial charge in [-0.25, -0.2) is 13.4 Å². The fraction of sp³-hybridized carbons (Fsp3) is 0.158. The monoisotopic (exact) mass is 401 g/mol. The summed E-state index contributed by atoms with van der Waals surface area (Å²) in [5.41, 5.74) is 2.96. The molecule has 0 saturated heterocycles. The molecule has 0 saturated carbocycles. The Morgan fingerprint density at radius 2 is 1.74 bits per heavy atom. The summed E-state index contributed by atoms with van der Waals surface area (Å²) in [5, 5.41) is 4.41. The van der Waals surface area contributed by atoms with Crippen molar-refractivity contribution in [3.8, 4) is 0 Å². The largest absolute Gasteiger partial charge is 0.321 e. The van der Waals surface area contributed by atoms with Crippen LogP contribution in [0.3, 0.4) is 0 Å². The minimum Gasteiger partial charge on any atom is -0.321 e. The van der Waals surface area contributed by atoms with E-state index in [0.29, 0.717) is 5.69 Å². The second kappa shape index (κ2) is 7.89. The third-order valence-electron chi connectivity index (χ3n) is 3.91. The Hall–Kier alpha value is -2.71. The van der Waals surface area contributed by atoms with Crippen molar-refractivity contribution < 1.29 is 13.2 Å². The predicted octanol–water partition coefficient (Wildman–Crippen LogP) is 4.07. The van der Waals surface area contributed by atoms with Gasteiger partial charge in [0.05, 0.1) is 4.90 Å². The summed E-state index contributed by atoms with van der Waals surface area (Å²) in [4.78, 5) is 16.5. The number of nitrogens with zero attached hydrogens (tertiary/aromatic N) is 1. The molecule has 0 bridgehead atoms. The summed E-state index contributed by atoms with van der Waals surface area (Å²) >= 11 is 1.06. The lowest BCUT2D eigenvalue weighted by atomic mass is 10.1. The summed E-state index contributed by atoms with van der Waals surface area (Å²) in [5.74, 6) is -0.392. The average Bonchev–Trinajstić information content (AvgIpc) is 3.10. The molecule has 8 heteroatoms. The van der Waals surface area contributed by atoms with E-state index in [9.17, 15) is 13.2 Å². The Morgan fingerprint density at radius 1 is 1.07 bits per heavy atom. The number of amides is 1. The van der Waals surface area contributed by atoms with Crippen LogP contribution in [0.2, 0.25) is 0 Å². The van der Waals surface area contributed by atoms with Gasteiger partial charge in [-0.3, -0.25) is 9.52 Å². The van der Waals surface area contributed by atoms with E-state index in [2.05, 4.69) is 21.9 Å². The summed E-state index contributed by atoms with van der Waals surface area (Å²) in [6.07, 6.45) is 0.921. The van der Waals surface area contributed by atoms with Crippen molar-refractivity contribution >= 4 is 38.1 Å². The molecule has 0 spiro atoms. The zero-order chi connectivity index (χ0) is 19.4. The van der Waals surface area contributed by atoms with Crippen LogP contribution in [0.5, 0.6) is 0 Å². The highest BCUT2D eigenvalue weighted by atomic mass is 32.2. The number of carbonyl (C=O) groups excluding carboxylic acids is 1. The van der Waals surface area contributed by atoms with Gasteiger partial charge in [-0.2, -0.15) is 0 Å². The molecule has 0 aliphatic heterocycles. The van der Waals surface area contributed by atoms with Gasteiger partial charge in [-0.15, -0.1) is 11.3 Å². The Bertz CT molecular complexity index is 1040. The molecule has 0 fully saturated rings. The lowest BCUT2D eigenvalue weighted by Crippen LogP contribution is -2.14. The maximum Gasteiger partial charge on any atom is 0.275 e. The molecule has 3 aromatic rings. The fourth-order valence-corrected chi connectivity index (χ4v) is 4.28. The van der Waals surface area contributed by atoms with Crippen LogP contribution in [0.1, 0.15) is 28.5 Å². The van der Waals surface area contributed by atoms with Crippen molar-refractivity contribution in [1.29, 1.82) is 0 Å². The van der Waals surface area contributed by atoms with E-state index in [0.717, 1.165) is 23.3 Å². The first kappa shape index (κ1) is 19.1. The molecule has 27 heavy (non-hydrogen) atoms. The van der Waals surface area contributed by atoms with Gasteiger partial charge in [0, 0.05) is 11.1 Å². The van der Waals surface area contributed by atoms with Crippen LogP contribution in [0.4, 0.5) is 10.8 Å². The zero-order valence-corrected chi connectivity index (χ0v) is 16.5. The van der Waals surface area contributed by atoms with Crippen molar-refractivity contribution in [2.45, 2.75) is 25.2 Å². The van der Waals surface area contributed by atoms with Gasteiger partial charge in [0.1, 0.15) is 5.69 Å². The summed E-state index contributed by atoms with van der Waals surface area (Å²) < 4.78 is 27.2. The van der Waals surface area contributed by atoms with Crippen LogP contribution >= 0.6 is 11.3 Å².